The van der Waals surface area contributed by atoms with Crippen LogP contribution >= 0.6 is 0 Å². The number of anilines is 2. The van der Waals surface area contributed by atoms with Crippen LogP contribution in [0.4, 0.5) is 16.2 Å². The molecule has 0 aromatic heterocycles. The number of urea groups is 1. The number of aliphatic hydroxyl groups is 1. The lowest BCUT2D eigenvalue weighted by atomic mass is 9.82. The van der Waals surface area contributed by atoms with E-state index in [0.29, 0.717) is 0 Å². The molecule has 4 nitrogen and oxygen atoms in total. The van der Waals surface area contributed by atoms with Crippen LogP contribution in [0, 0.1) is 5.92 Å². The number of para-hydroxylation sites is 2. The lowest BCUT2D eigenvalue weighted by Crippen LogP contribution is -2.34. The summed E-state index contributed by atoms with van der Waals surface area (Å²) in [7, 11) is 1.75. The first-order valence-electron chi connectivity index (χ1n) is 9.04. The average Bonchev–Trinajstić information content (AvgIpc) is 2.59. The molecule has 26 heavy (non-hydrogen) atoms. The Morgan fingerprint density at radius 2 is 1.65 bits per heavy atom. The molecule has 2 N–H and O–H groups in total. The van der Waals surface area contributed by atoms with Crippen molar-refractivity contribution in [1.29, 1.82) is 0 Å². The summed E-state index contributed by atoms with van der Waals surface area (Å²) in [6.45, 7) is 10.3. The molecule has 0 heterocycles. The Labute approximate surface area is 156 Å². The number of aliphatic hydroxyl groups excluding tert-OH is 1. The van der Waals surface area contributed by atoms with Crippen LogP contribution in [0.5, 0.6) is 0 Å². The van der Waals surface area contributed by atoms with Gasteiger partial charge in [0.05, 0.1) is 11.8 Å². The number of hydrogen-bond donors (Lipinski definition) is 2. The van der Waals surface area contributed by atoms with Gasteiger partial charge in [-0.3, -0.25) is 4.90 Å². The van der Waals surface area contributed by atoms with Gasteiger partial charge >= 0.3 is 6.03 Å². The number of carbonyl (C=O) groups is 1. The molecule has 1 unspecified atom stereocenters. The third-order valence-corrected chi connectivity index (χ3v) is 4.49. The van der Waals surface area contributed by atoms with Gasteiger partial charge in [-0.15, -0.1) is 0 Å². The van der Waals surface area contributed by atoms with Gasteiger partial charge in [0.2, 0.25) is 0 Å². The van der Waals surface area contributed by atoms with Crippen LogP contribution in [-0.2, 0) is 5.41 Å². The largest absolute Gasteiger partial charge is 0.388 e. The number of amides is 2. The van der Waals surface area contributed by atoms with E-state index in [4.69, 9.17) is 0 Å². The smallest absolute Gasteiger partial charge is 0.326 e. The molecule has 0 radical (unpaired) electrons. The van der Waals surface area contributed by atoms with Gasteiger partial charge in [-0.05, 0) is 29.0 Å². The van der Waals surface area contributed by atoms with Gasteiger partial charge in [-0.1, -0.05) is 71.0 Å². The predicted molar refractivity (Wildman–Crippen MR) is 109 cm³/mol. The predicted octanol–water partition coefficient (Wildman–Crippen LogP) is 5.34. The molecule has 1 atom stereocenters. The van der Waals surface area contributed by atoms with E-state index in [-0.39, 0.29) is 17.4 Å². The average molecular weight is 354 g/mol. The standard InChI is InChI=1S/C22H30N2O2/c1-15(2)20(25)17-13-10-14-18(22(3,4)5)19(17)24(6)21(26)23-16-11-8-7-9-12-16/h7-15,20,25H,1-6H3,(H,23,26). The van der Waals surface area contributed by atoms with E-state index in [1.54, 1.807) is 11.9 Å². The molecule has 2 aromatic carbocycles. The van der Waals surface area contributed by atoms with E-state index in [9.17, 15) is 9.90 Å². The lowest BCUT2D eigenvalue weighted by molar-refractivity contribution is 0.127. The highest BCUT2D eigenvalue weighted by Crippen LogP contribution is 2.39. The molecule has 0 fully saturated rings. The summed E-state index contributed by atoms with van der Waals surface area (Å²) in [4.78, 5) is 14.5. The van der Waals surface area contributed by atoms with Crippen molar-refractivity contribution in [2.45, 2.75) is 46.1 Å². The summed E-state index contributed by atoms with van der Waals surface area (Å²) in [5.41, 5.74) is 3.15. The van der Waals surface area contributed by atoms with E-state index in [0.717, 1.165) is 22.5 Å². The van der Waals surface area contributed by atoms with E-state index in [1.165, 1.54) is 0 Å². The molecule has 2 aromatic rings. The topological polar surface area (TPSA) is 52.6 Å². The third kappa shape index (κ3) is 4.44. The van der Waals surface area contributed by atoms with Gasteiger partial charge in [0, 0.05) is 18.3 Å². The molecule has 0 aliphatic rings. The number of rotatable bonds is 4. The van der Waals surface area contributed by atoms with Crippen molar-refractivity contribution < 1.29 is 9.90 Å². The summed E-state index contributed by atoms with van der Waals surface area (Å²) >= 11 is 0. The maximum atomic E-state index is 12.9. The summed E-state index contributed by atoms with van der Waals surface area (Å²) in [6, 6.07) is 15.0. The molecular weight excluding hydrogens is 324 g/mol. The highest BCUT2D eigenvalue weighted by molar-refractivity contribution is 6.02. The van der Waals surface area contributed by atoms with Crippen LogP contribution in [0.3, 0.4) is 0 Å². The molecule has 0 saturated heterocycles. The molecule has 140 valence electrons. The zero-order valence-corrected chi connectivity index (χ0v) is 16.6. The Hall–Kier alpha value is -2.33. The van der Waals surface area contributed by atoms with Crippen LogP contribution in [0.2, 0.25) is 0 Å². The monoisotopic (exact) mass is 354 g/mol. The molecule has 2 amide bonds. The number of benzene rings is 2. The van der Waals surface area contributed by atoms with E-state index in [1.807, 2.05) is 62.4 Å². The maximum absolute atomic E-state index is 12.9. The van der Waals surface area contributed by atoms with Crippen molar-refractivity contribution in [2.75, 3.05) is 17.3 Å². The minimum Gasteiger partial charge on any atom is -0.388 e. The molecule has 0 bridgehead atoms. The molecule has 0 saturated carbocycles. The highest BCUT2D eigenvalue weighted by atomic mass is 16.3. The SMILES string of the molecule is CC(C)C(O)c1cccc(C(C)(C)C)c1N(C)C(=O)Nc1ccccc1. The van der Waals surface area contributed by atoms with Crippen molar-refractivity contribution in [3.63, 3.8) is 0 Å². The quantitative estimate of drug-likeness (QED) is 0.778. The van der Waals surface area contributed by atoms with Crippen molar-refractivity contribution in [3.05, 3.63) is 59.7 Å². The minimum atomic E-state index is -0.640. The second-order valence-corrected chi connectivity index (χ2v) is 8.04. The zero-order valence-electron chi connectivity index (χ0n) is 16.6. The fraction of sp³-hybridized carbons (Fsp3) is 0.409. The van der Waals surface area contributed by atoms with Gasteiger partial charge < -0.3 is 10.4 Å². The van der Waals surface area contributed by atoms with Crippen LogP contribution in [0.25, 0.3) is 0 Å². The lowest BCUT2D eigenvalue weighted by Gasteiger charge is -2.32. The Kier molecular flexibility index (Phi) is 6.09. The van der Waals surface area contributed by atoms with Crippen molar-refractivity contribution in [3.8, 4) is 0 Å². The molecule has 0 spiro atoms. The van der Waals surface area contributed by atoms with Crippen molar-refractivity contribution in [1.82, 2.24) is 0 Å². The Bertz CT molecular complexity index is 748. The van der Waals surface area contributed by atoms with Gasteiger partial charge in [-0.2, -0.15) is 0 Å². The van der Waals surface area contributed by atoms with Crippen molar-refractivity contribution in [2.24, 2.45) is 5.92 Å². The number of hydrogen-bond acceptors (Lipinski definition) is 2. The fourth-order valence-corrected chi connectivity index (χ4v) is 2.97. The zero-order chi connectivity index (χ0) is 19.5. The first-order valence-corrected chi connectivity index (χ1v) is 9.04. The minimum absolute atomic E-state index is 0.0505. The molecular formula is C22H30N2O2. The van der Waals surface area contributed by atoms with Crippen molar-refractivity contribution >= 4 is 17.4 Å². The third-order valence-electron chi connectivity index (χ3n) is 4.49. The Morgan fingerprint density at radius 1 is 1.04 bits per heavy atom. The fourth-order valence-electron chi connectivity index (χ4n) is 2.97. The highest BCUT2D eigenvalue weighted by Gasteiger charge is 2.28. The first-order chi connectivity index (χ1) is 12.1. The van der Waals surface area contributed by atoms with Gasteiger partial charge in [0.25, 0.3) is 0 Å². The second kappa shape index (κ2) is 7.92. The number of carbonyl (C=O) groups excluding carboxylic acids is 1. The van der Waals surface area contributed by atoms with E-state index < -0.39 is 6.10 Å². The van der Waals surface area contributed by atoms with Gasteiger partial charge in [0.15, 0.2) is 0 Å². The number of nitrogens with one attached hydrogen (secondary N) is 1. The van der Waals surface area contributed by atoms with Crippen LogP contribution in [-0.4, -0.2) is 18.2 Å². The normalized spacial score (nSPS) is 12.8. The summed E-state index contributed by atoms with van der Waals surface area (Å²) in [5.74, 6) is 0.0505. The summed E-state index contributed by atoms with van der Waals surface area (Å²) in [6.07, 6.45) is -0.640. The van der Waals surface area contributed by atoms with Gasteiger partial charge in [0.1, 0.15) is 0 Å². The van der Waals surface area contributed by atoms with E-state index >= 15 is 0 Å². The Morgan fingerprint density at radius 3 is 2.19 bits per heavy atom. The molecule has 4 heteroatoms. The molecule has 0 aliphatic heterocycles. The second-order valence-electron chi connectivity index (χ2n) is 8.04. The van der Waals surface area contributed by atoms with Crippen LogP contribution < -0.4 is 10.2 Å². The molecule has 2 rings (SSSR count). The first kappa shape index (κ1) is 20.0. The summed E-state index contributed by atoms with van der Waals surface area (Å²) < 4.78 is 0. The van der Waals surface area contributed by atoms with E-state index in [2.05, 4.69) is 26.1 Å². The van der Waals surface area contributed by atoms with Gasteiger partial charge in [-0.25, -0.2) is 4.79 Å². The summed E-state index contributed by atoms with van der Waals surface area (Å²) in [5, 5.41) is 13.7. The molecule has 0 aliphatic carbocycles. The Balaban J connectivity index is 2.49. The van der Waals surface area contributed by atoms with Crippen LogP contribution in [0.1, 0.15) is 51.8 Å². The maximum Gasteiger partial charge on any atom is 0.326 e. The van der Waals surface area contributed by atoms with Crippen LogP contribution in [0.15, 0.2) is 48.5 Å². The number of nitrogens with zero attached hydrogens (tertiary/aromatic N) is 1.